The zero-order valence-electron chi connectivity index (χ0n) is 8.18. The highest BCUT2D eigenvalue weighted by atomic mass is 16.5. The Hall–Kier alpha value is -2.16. The fraction of sp³-hybridized carbons (Fsp3) is 0. The van der Waals surface area contributed by atoms with Gasteiger partial charge in [0, 0.05) is 23.8 Å². The first kappa shape index (κ1) is 9.40. The smallest absolute Gasteiger partial charge is 0.0922 e. The highest BCUT2D eigenvalue weighted by Crippen LogP contribution is 2.00. The van der Waals surface area contributed by atoms with E-state index in [0.717, 1.165) is 11.4 Å². The fourth-order valence-corrected chi connectivity index (χ4v) is 1.17. The Labute approximate surface area is 88.1 Å². The third-order valence-corrected chi connectivity index (χ3v) is 1.90. The summed E-state index contributed by atoms with van der Waals surface area (Å²) >= 11 is 0. The van der Waals surface area contributed by atoms with E-state index in [1.807, 2.05) is 48.8 Å². The number of rotatable bonds is 4. The molecule has 2 rings (SSSR count). The minimum atomic E-state index is 1.02. The molecule has 0 aliphatic heterocycles. The fourth-order valence-electron chi connectivity index (χ4n) is 1.17. The van der Waals surface area contributed by atoms with Gasteiger partial charge in [-0.15, -0.1) is 0 Å². The Kier molecular flexibility index (Phi) is 3.07. The number of aromatic amines is 2. The van der Waals surface area contributed by atoms with Crippen molar-refractivity contribution in [1.29, 1.82) is 0 Å². The summed E-state index contributed by atoms with van der Waals surface area (Å²) in [6, 6.07) is 7.81. The van der Waals surface area contributed by atoms with Crippen LogP contribution in [0.5, 0.6) is 0 Å². The predicted molar refractivity (Wildman–Crippen MR) is 60.7 cm³/mol. The van der Waals surface area contributed by atoms with Gasteiger partial charge in [-0.05, 0) is 36.4 Å². The molecule has 0 bridgehead atoms. The lowest BCUT2D eigenvalue weighted by Crippen LogP contribution is -1.71. The van der Waals surface area contributed by atoms with Crippen LogP contribution in [-0.2, 0) is 4.74 Å². The van der Waals surface area contributed by atoms with Crippen LogP contribution in [0.2, 0.25) is 0 Å². The minimum absolute atomic E-state index is 1.02. The second-order valence-corrected chi connectivity index (χ2v) is 2.99. The van der Waals surface area contributed by atoms with Crippen molar-refractivity contribution < 1.29 is 4.74 Å². The zero-order valence-corrected chi connectivity index (χ0v) is 8.18. The van der Waals surface area contributed by atoms with Gasteiger partial charge in [0.1, 0.15) is 0 Å². The number of hydrogen-bond donors (Lipinski definition) is 2. The van der Waals surface area contributed by atoms with E-state index >= 15 is 0 Å². The van der Waals surface area contributed by atoms with Crippen molar-refractivity contribution in [3.63, 3.8) is 0 Å². The third-order valence-electron chi connectivity index (χ3n) is 1.90. The maximum atomic E-state index is 5.18. The van der Waals surface area contributed by atoms with Crippen LogP contribution in [-0.4, -0.2) is 9.97 Å². The molecule has 0 fully saturated rings. The molecule has 3 nitrogen and oxygen atoms in total. The molecule has 0 amide bonds. The van der Waals surface area contributed by atoms with Crippen molar-refractivity contribution in [1.82, 2.24) is 9.97 Å². The summed E-state index contributed by atoms with van der Waals surface area (Å²) in [4.78, 5) is 6.09. The van der Waals surface area contributed by atoms with Crippen molar-refractivity contribution in [2.45, 2.75) is 0 Å². The van der Waals surface area contributed by atoms with Crippen LogP contribution >= 0.6 is 0 Å². The summed E-state index contributed by atoms with van der Waals surface area (Å²) < 4.78 is 5.18. The van der Waals surface area contributed by atoms with E-state index in [9.17, 15) is 0 Å². The summed E-state index contributed by atoms with van der Waals surface area (Å²) in [6.07, 6.45) is 10.7. The van der Waals surface area contributed by atoms with Gasteiger partial charge in [0.2, 0.25) is 0 Å². The average Bonchev–Trinajstić information content (AvgIpc) is 2.88. The van der Waals surface area contributed by atoms with Crippen LogP contribution in [0.1, 0.15) is 11.4 Å². The lowest BCUT2D eigenvalue weighted by Gasteiger charge is -1.89. The molecule has 0 aliphatic carbocycles. The van der Waals surface area contributed by atoms with E-state index in [1.165, 1.54) is 0 Å². The Balaban J connectivity index is 1.80. The molecule has 0 atom stereocenters. The van der Waals surface area contributed by atoms with Crippen molar-refractivity contribution in [3.05, 3.63) is 60.6 Å². The summed E-state index contributed by atoms with van der Waals surface area (Å²) in [6.45, 7) is 0. The Morgan fingerprint density at radius 2 is 1.40 bits per heavy atom. The van der Waals surface area contributed by atoms with Crippen molar-refractivity contribution in [2.24, 2.45) is 0 Å². The van der Waals surface area contributed by atoms with Crippen LogP contribution in [0.25, 0.3) is 12.2 Å². The molecule has 2 heterocycles. The molecule has 0 saturated carbocycles. The van der Waals surface area contributed by atoms with Gasteiger partial charge < -0.3 is 14.7 Å². The van der Waals surface area contributed by atoms with E-state index in [4.69, 9.17) is 4.74 Å². The lowest BCUT2D eigenvalue weighted by molar-refractivity contribution is 0.410. The normalized spacial score (nSPS) is 11.5. The SMILES string of the molecule is C(=Cc1ccc[nH]1)OC=Cc1ccc[nH]1. The molecule has 2 aromatic rings. The van der Waals surface area contributed by atoms with Crippen LogP contribution < -0.4 is 0 Å². The standard InChI is InChI=1S/C12H12N2O/c1-3-11(13-7-1)5-9-15-10-6-12-4-2-8-14-12/h1-10,13-14H. The molecule has 0 spiro atoms. The van der Waals surface area contributed by atoms with E-state index in [-0.39, 0.29) is 0 Å². The topological polar surface area (TPSA) is 40.8 Å². The maximum absolute atomic E-state index is 5.18. The molecule has 0 radical (unpaired) electrons. The van der Waals surface area contributed by atoms with Crippen LogP contribution in [0.4, 0.5) is 0 Å². The monoisotopic (exact) mass is 200 g/mol. The van der Waals surface area contributed by atoms with E-state index in [0.29, 0.717) is 0 Å². The molecule has 15 heavy (non-hydrogen) atoms. The zero-order chi connectivity index (χ0) is 10.3. The molecule has 0 saturated heterocycles. The Bertz CT molecular complexity index is 382. The number of H-pyrrole nitrogens is 2. The molecule has 0 aromatic carbocycles. The highest BCUT2D eigenvalue weighted by molar-refractivity contribution is 5.45. The molecule has 2 N–H and O–H groups in total. The van der Waals surface area contributed by atoms with Crippen LogP contribution in [0.15, 0.2) is 49.2 Å². The third kappa shape index (κ3) is 2.91. The van der Waals surface area contributed by atoms with Gasteiger partial charge in [0.05, 0.1) is 12.5 Å². The summed E-state index contributed by atoms with van der Waals surface area (Å²) in [5.41, 5.74) is 2.03. The average molecular weight is 200 g/mol. The summed E-state index contributed by atoms with van der Waals surface area (Å²) in [5, 5.41) is 0. The molecular formula is C12H12N2O. The quantitative estimate of drug-likeness (QED) is 0.732. The van der Waals surface area contributed by atoms with Gasteiger partial charge in [-0.25, -0.2) is 0 Å². The first-order valence-corrected chi connectivity index (χ1v) is 4.70. The predicted octanol–water partition coefficient (Wildman–Crippen LogP) is 3.00. The lowest BCUT2D eigenvalue weighted by atomic mass is 10.4. The molecule has 76 valence electrons. The van der Waals surface area contributed by atoms with Gasteiger partial charge in [-0.1, -0.05) is 0 Å². The van der Waals surface area contributed by atoms with Crippen molar-refractivity contribution in [3.8, 4) is 0 Å². The van der Waals surface area contributed by atoms with Crippen molar-refractivity contribution >= 4 is 12.2 Å². The van der Waals surface area contributed by atoms with Gasteiger partial charge in [0.25, 0.3) is 0 Å². The van der Waals surface area contributed by atoms with E-state index < -0.39 is 0 Å². The highest BCUT2D eigenvalue weighted by Gasteiger charge is 1.83. The molecule has 0 aliphatic rings. The number of ether oxygens (including phenoxy) is 1. The van der Waals surface area contributed by atoms with E-state index in [2.05, 4.69) is 9.97 Å². The number of aromatic nitrogens is 2. The van der Waals surface area contributed by atoms with Gasteiger partial charge in [-0.3, -0.25) is 0 Å². The van der Waals surface area contributed by atoms with Crippen LogP contribution in [0, 0.1) is 0 Å². The molecular weight excluding hydrogens is 188 g/mol. The molecule has 2 aromatic heterocycles. The van der Waals surface area contributed by atoms with Crippen molar-refractivity contribution in [2.75, 3.05) is 0 Å². The first-order chi connectivity index (χ1) is 7.45. The largest absolute Gasteiger partial charge is 0.472 e. The van der Waals surface area contributed by atoms with Gasteiger partial charge in [-0.2, -0.15) is 0 Å². The minimum Gasteiger partial charge on any atom is -0.472 e. The molecule has 3 heteroatoms. The first-order valence-electron chi connectivity index (χ1n) is 4.70. The van der Waals surface area contributed by atoms with Crippen LogP contribution in [0.3, 0.4) is 0 Å². The second-order valence-electron chi connectivity index (χ2n) is 2.99. The molecule has 0 unspecified atom stereocenters. The Morgan fingerprint density at radius 1 is 0.867 bits per heavy atom. The van der Waals surface area contributed by atoms with Gasteiger partial charge in [0.15, 0.2) is 0 Å². The summed E-state index contributed by atoms with van der Waals surface area (Å²) in [7, 11) is 0. The number of hydrogen-bond acceptors (Lipinski definition) is 1. The number of nitrogens with one attached hydrogen (secondary N) is 2. The van der Waals surface area contributed by atoms with Gasteiger partial charge >= 0.3 is 0 Å². The second kappa shape index (κ2) is 4.91. The maximum Gasteiger partial charge on any atom is 0.0922 e. The summed E-state index contributed by atoms with van der Waals surface area (Å²) in [5.74, 6) is 0. The van der Waals surface area contributed by atoms with E-state index in [1.54, 1.807) is 12.5 Å². The Morgan fingerprint density at radius 3 is 1.80 bits per heavy atom.